The first-order chi connectivity index (χ1) is 15.0. The number of para-hydroxylation sites is 1. The summed E-state index contributed by atoms with van der Waals surface area (Å²) < 4.78 is 46.5. The van der Waals surface area contributed by atoms with E-state index in [1.54, 1.807) is 6.07 Å². The molecule has 4 aromatic rings. The van der Waals surface area contributed by atoms with Gasteiger partial charge in [-0.05, 0) is 63.9 Å². The zero-order valence-corrected chi connectivity index (χ0v) is 20.0. The Morgan fingerprint density at radius 3 is 2.38 bits per heavy atom. The molecule has 0 saturated heterocycles. The van der Waals surface area contributed by atoms with Crippen molar-refractivity contribution in [1.82, 2.24) is 9.97 Å². The highest BCUT2D eigenvalue weighted by Crippen LogP contribution is 2.35. The first kappa shape index (κ1) is 22.6. The highest BCUT2D eigenvalue weighted by Gasteiger charge is 2.33. The van der Waals surface area contributed by atoms with E-state index in [2.05, 4.69) is 54.4 Å². The molecular weight excluding hydrogens is 528 g/mol. The topological polar surface area (TPSA) is 37.9 Å². The quantitative estimate of drug-likeness (QED) is 0.264. The van der Waals surface area contributed by atoms with Crippen molar-refractivity contribution < 1.29 is 17.9 Å². The third-order valence-corrected chi connectivity index (χ3v) is 6.12. The average molecular weight is 550 g/mol. The summed E-state index contributed by atoms with van der Waals surface area (Å²) >= 11 is 2.12. The molecule has 1 aromatic heterocycles. The maximum atomic E-state index is 13.3. The number of H-pyrrole nitrogens is 1. The Kier molecular flexibility index (Phi) is 5.96. The van der Waals surface area contributed by atoms with Gasteiger partial charge in [-0.25, -0.2) is 4.98 Å². The molecule has 0 radical (unpaired) electrons. The second-order valence-electron chi connectivity index (χ2n) is 8.63. The molecule has 32 heavy (non-hydrogen) atoms. The SMILES string of the molecule is CC(C)(C)c1cccc2[nH]c(-c3ccc(I)c(OCc4ccccc4C(F)(F)F)c3)nc12. The van der Waals surface area contributed by atoms with Crippen LogP contribution in [0.4, 0.5) is 13.2 Å². The molecule has 7 heteroatoms. The largest absolute Gasteiger partial charge is 0.488 e. The third-order valence-electron chi connectivity index (χ3n) is 5.23. The van der Waals surface area contributed by atoms with E-state index in [0.29, 0.717) is 11.6 Å². The molecule has 4 rings (SSSR count). The number of imidazole rings is 1. The summed E-state index contributed by atoms with van der Waals surface area (Å²) in [7, 11) is 0. The number of benzene rings is 3. The molecule has 0 aliphatic rings. The summed E-state index contributed by atoms with van der Waals surface area (Å²) in [5.41, 5.74) is 3.16. The van der Waals surface area contributed by atoms with Crippen molar-refractivity contribution in [2.75, 3.05) is 0 Å². The van der Waals surface area contributed by atoms with Gasteiger partial charge in [0.25, 0.3) is 0 Å². The second-order valence-corrected chi connectivity index (χ2v) is 9.79. The first-order valence-electron chi connectivity index (χ1n) is 10.1. The summed E-state index contributed by atoms with van der Waals surface area (Å²) in [6, 6.07) is 17.1. The fourth-order valence-electron chi connectivity index (χ4n) is 3.61. The standard InChI is InChI=1S/C25H22F3IN2O/c1-24(2,3)18-9-6-10-20-22(18)31-23(30-20)15-11-12-19(29)21(13-15)32-14-16-7-4-5-8-17(16)25(26,27)28/h4-13H,14H2,1-3H3,(H,30,31). The van der Waals surface area contributed by atoms with Gasteiger partial charge in [0.15, 0.2) is 0 Å². The summed E-state index contributed by atoms with van der Waals surface area (Å²) in [6.45, 7) is 6.26. The van der Waals surface area contributed by atoms with Crippen molar-refractivity contribution in [1.29, 1.82) is 0 Å². The van der Waals surface area contributed by atoms with Gasteiger partial charge >= 0.3 is 6.18 Å². The van der Waals surface area contributed by atoms with Crippen molar-refractivity contribution in [2.24, 2.45) is 0 Å². The van der Waals surface area contributed by atoms with Crippen LogP contribution in [-0.4, -0.2) is 9.97 Å². The molecule has 166 valence electrons. The van der Waals surface area contributed by atoms with Crippen LogP contribution in [0.2, 0.25) is 0 Å². The van der Waals surface area contributed by atoms with E-state index < -0.39 is 11.7 Å². The lowest BCUT2D eigenvalue weighted by molar-refractivity contribution is -0.138. The summed E-state index contributed by atoms with van der Waals surface area (Å²) in [5, 5.41) is 0. The van der Waals surface area contributed by atoms with Gasteiger partial charge < -0.3 is 9.72 Å². The Bertz CT molecular complexity index is 1270. The number of nitrogens with zero attached hydrogens (tertiary/aromatic N) is 1. The molecule has 0 amide bonds. The number of ether oxygens (including phenoxy) is 1. The maximum absolute atomic E-state index is 13.3. The number of fused-ring (bicyclic) bond motifs is 1. The van der Waals surface area contributed by atoms with Gasteiger partial charge in [-0.15, -0.1) is 0 Å². The van der Waals surface area contributed by atoms with Crippen LogP contribution in [0, 0.1) is 3.57 Å². The van der Waals surface area contributed by atoms with E-state index in [9.17, 15) is 13.2 Å². The molecule has 1 heterocycles. The molecule has 0 aliphatic heterocycles. The van der Waals surface area contributed by atoms with E-state index in [0.717, 1.165) is 31.8 Å². The molecule has 0 spiro atoms. The van der Waals surface area contributed by atoms with E-state index in [1.165, 1.54) is 12.1 Å². The van der Waals surface area contributed by atoms with Crippen molar-refractivity contribution in [3.05, 3.63) is 80.9 Å². The van der Waals surface area contributed by atoms with Crippen molar-refractivity contribution in [3.8, 4) is 17.1 Å². The predicted octanol–water partition coefficient (Wildman–Crippen LogP) is 7.73. The zero-order valence-electron chi connectivity index (χ0n) is 17.8. The fraction of sp³-hybridized carbons (Fsp3) is 0.240. The van der Waals surface area contributed by atoms with Crippen LogP contribution in [0.15, 0.2) is 60.7 Å². The number of hydrogen-bond donors (Lipinski definition) is 1. The van der Waals surface area contributed by atoms with Gasteiger partial charge in [0.1, 0.15) is 18.2 Å². The van der Waals surface area contributed by atoms with Crippen LogP contribution in [-0.2, 0) is 18.2 Å². The molecule has 3 nitrogen and oxygen atoms in total. The maximum Gasteiger partial charge on any atom is 0.416 e. The van der Waals surface area contributed by atoms with E-state index in [4.69, 9.17) is 9.72 Å². The van der Waals surface area contributed by atoms with Gasteiger partial charge in [-0.2, -0.15) is 13.2 Å². The lowest BCUT2D eigenvalue weighted by Gasteiger charge is -2.19. The molecule has 0 fully saturated rings. The highest BCUT2D eigenvalue weighted by molar-refractivity contribution is 14.1. The van der Waals surface area contributed by atoms with Crippen LogP contribution in [0.3, 0.4) is 0 Å². The normalized spacial score (nSPS) is 12.3. The molecule has 0 aliphatic carbocycles. The van der Waals surface area contributed by atoms with Gasteiger partial charge in [-0.3, -0.25) is 0 Å². The average Bonchev–Trinajstić information content (AvgIpc) is 3.16. The Balaban J connectivity index is 1.66. The van der Waals surface area contributed by atoms with E-state index >= 15 is 0 Å². The lowest BCUT2D eigenvalue weighted by Crippen LogP contribution is -2.11. The molecule has 0 saturated carbocycles. The van der Waals surface area contributed by atoms with E-state index in [-0.39, 0.29) is 17.6 Å². The lowest BCUT2D eigenvalue weighted by atomic mass is 9.86. The first-order valence-corrected chi connectivity index (χ1v) is 11.2. The number of aromatic nitrogens is 2. The molecule has 0 unspecified atom stereocenters. The fourth-order valence-corrected chi connectivity index (χ4v) is 4.10. The molecule has 1 N–H and O–H groups in total. The van der Waals surface area contributed by atoms with Crippen molar-refractivity contribution in [3.63, 3.8) is 0 Å². The minimum Gasteiger partial charge on any atom is -0.488 e. The highest BCUT2D eigenvalue weighted by atomic mass is 127. The molecule has 3 aromatic carbocycles. The summed E-state index contributed by atoms with van der Waals surface area (Å²) in [6.07, 6.45) is -4.42. The van der Waals surface area contributed by atoms with E-state index in [1.807, 2.05) is 30.3 Å². The minimum atomic E-state index is -4.42. The zero-order chi connectivity index (χ0) is 23.1. The van der Waals surface area contributed by atoms with Crippen molar-refractivity contribution >= 4 is 33.6 Å². The van der Waals surface area contributed by atoms with Crippen LogP contribution in [0.25, 0.3) is 22.4 Å². The third kappa shape index (κ3) is 4.62. The van der Waals surface area contributed by atoms with Gasteiger partial charge in [0.2, 0.25) is 0 Å². The Labute approximate surface area is 198 Å². The molecule has 0 atom stereocenters. The Hall–Kier alpha value is -2.55. The van der Waals surface area contributed by atoms with Crippen LogP contribution < -0.4 is 4.74 Å². The number of hydrogen-bond acceptors (Lipinski definition) is 2. The van der Waals surface area contributed by atoms with Gasteiger partial charge in [-0.1, -0.05) is 51.1 Å². The summed E-state index contributed by atoms with van der Waals surface area (Å²) in [5.74, 6) is 1.20. The van der Waals surface area contributed by atoms with Crippen LogP contribution >= 0.6 is 22.6 Å². The van der Waals surface area contributed by atoms with Crippen LogP contribution in [0.1, 0.15) is 37.5 Å². The van der Waals surface area contributed by atoms with Gasteiger partial charge in [0, 0.05) is 11.1 Å². The smallest absolute Gasteiger partial charge is 0.416 e. The second kappa shape index (κ2) is 8.42. The Morgan fingerprint density at radius 2 is 1.66 bits per heavy atom. The molecule has 0 bridgehead atoms. The van der Waals surface area contributed by atoms with Gasteiger partial charge in [0.05, 0.1) is 20.2 Å². The minimum absolute atomic E-state index is 0.0574. The predicted molar refractivity (Wildman–Crippen MR) is 129 cm³/mol. The number of alkyl halides is 3. The number of rotatable bonds is 4. The molecular formula is C25H22F3IN2O. The summed E-state index contributed by atoms with van der Waals surface area (Å²) in [4.78, 5) is 8.18. The van der Waals surface area contributed by atoms with Crippen LogP contribution in [0.5, 0.6) is 5.75 Å². The monoisotopic (exact) mass is 550 g/mol. The van der Waals surface area contributed by atoms with Crippen molar-refractivity contribution in [2.45, 2.75) is 39.0 Å². The number of halogens is 4. The number of aromatic amines is 1. The number of nitrogens with one attached hydrogen (secondary N) is 1. The Morgan fingerprint density at radius 1 is 0.938 bits per heavy atom.